The molecular weight excluding hydrogens is 330 g/mol. The van der Waals surface area contributed by atoms with Crippen LogP contribution in [0.3, 0.4) is 0 Å². The number of esters is 1. The van der Waals surface area contributed by atoms with Gasteiger partial charge in [-0.2, -0.15) is 0 Å². The summed E-state index contributed by atoms with van der Waals surface area (Å²) in [4.78, 5) is 27.6. The summed E-state index contributed by atoms with van der Waals surface area (Å²) < 4.78 is 5.28. The van der Waals surface area contributed by atoms with Gasteiger partial charge in [-0.15, -0.1) is 0 Å². The van der Waals surface area contributed by atoms with Crippen molar-refractivity contribution >= 4 is 23.4 Å². The van der Waals surface area contributed by atoms with Gasteiger partial charge in [-0.05, 0) is 57.5 Å². The fraction of sp³-hybridized carbons (Fsp3) is 0.333. The summed E-state index contributed by atoms with van der Waals surface area (Å²) in [6.07, 6.45) is -1.63. The lowest BCUT2D eigenvalue weighted by Gasteiger charge is -2.12. The number of hydrogen-bond acceptors (Lipinski definition) is 4. The summed E-state index contributed by atoms with van der Waals surface area (Å²) in [5.41, 5.74) is 2.66. The first kappa shape index (κ1) is 18.2. The van der Waals surface area contributed by atoms with Gasteiger partial charge in [0.05, 0.1) is 6.10 Å². The van der Waals surface area contributed by atoms with Crippen LogP contribution < -0.4 is 0 Å². The Labute approximate surface area is 145 Å². The largest absolute Gasteiger partial charge is 0.450 e. The van der Waals surface area contributed by atoms with Gasteiger partial charge in [0.2, 0.25) is 5.78 Å². The van der Waals surface area contributed by atoms with E-state index in [9.17, 15) is 14.7 Å². The van der Waals surface area contributed by atoms with E-state index >= 15 is 0 Å². The third-order valence-electron chi connectivity index (χ3n) is 3.90. The van der Waals surface area contributed by atoms with E-state index in [0.717, 1.165) is 0 Å². The molecule has 1 heterocycles. The maximum Gasteiger partial charge on any atom is 0.355 e. The van der Waals surface area contributed by atoms with Gasteiger partial charge in [0, 0.05) is 21.8 Å². The molecule has 0 aliphatic carbocycles. The highest BCUT2D eigenvalue weighted by Gasteiger charge is 2.25. The topological polar surface area (TPSA) is 79.4 Å². The molecule has 0 spiro atoms. The van der Waals surface area contributed by atoms with Gasteiger partial charge in [0.25, 0.3) is 0 Å². The minimum Gasteiger partial charge on any atom is -0.450 e. The summed E-state index contributed by atoms with van der Waals surface area (Å²) in [6.45, 7) is 6.66. The molecule has 0 aliphatic heterocycles. The van der Waals surface area contributed by atoms with Crippen LogP contribution in [0.4, 0.5) is 0 Å². The molecule has 2 N–H and O–H groups in total. The highest BCUT2D eigenvalue weighted by atomic mass is 35.5. The predicted molar refractivity (Wildman–Crippen MR) is 91.6 cm³/mol. The zero-order valence-electron chi connectivity index (χ0n) is 14.0. The van der Waals surface area contributed by atoms with Gasteiger partial charge in [0.15, 0.2) is 6.10 Å². The molecule has 0 fully saturated rings. The van der Waals surface area contributed by atoms with Gasteiger partial charge < -0.3 is 14.8 Å². The molecule has 0 amide bonds. The molecule has 0 saturated heterocycles. The SMILES string of the molecule is Cc1[nH]c(C(=O)O[C@@H](C)C(=O)c2ccc(Cl)cc2)c(C)c1[C@H](C)O. The molecule has 0 saturated carbocycles. The Hall–Kier alpha value is -2.11. The molecule has 5 nitrogen and oxygen atoms in total. The Morgan fingerprint density at radius 1 is 1.17 bits per heavy atom. The van der Waals surface area contributed by atoms with E-state index in [1.165, 1.54) is 6.92 Å². The second-order valence-electron chi connectivity index (χ2n) is 5.76. The third kappa shape index (κ3) is 3.68. The number of nitrogens with one attached hydrogen (secondary N) is 1. The van der Waals surface area contributed by atoms with Crippen LogP contribution in [0.2, 0.25) is 5.02 Å². The van der Waals surface area contributed by atoms with E-state index in [1.54, 1.807) is 45.0 Å². The molecule has 0 bridgehead atoms. The summed E-state index contributed by atoms with van der Waals surface area (Å²) in [5, 5.41) is 10.3. The fourth-order valence-corrected chi connectivity index (χ4v) is 2.84. The van der Waals surface area contributed by atoms with Crippen molar-refractivity contribution in [2.45, 2.75) is 39.9 Å². The number of rotatable bonds is 5. The Bertz CT molecular complexity index is 762. The van der Waals surface area contributed by atoms with Crippen LogP contribution in [0.5, 0.6) is 0 Å². The smallest absolute Gasteiger partial charge is 0.355 e. The number of aromatic nitrogens is 1. The van der Waals surface area contributed by atoms with E-state index < -0.39 is 18.2 Å². The zero-order chi connectivity index (χ0) is 18.0. The maximum absolute atomic E-state index is 12.3. The minimum absolute atomic E-state index is 0.249. The van der Waals surface area contributed by atoms with Crippen LogP contribution >= 0.6 is 11.6 Å². The average Bonchev–Trinajstić information content (AvgIpc) is 2.82. The van der Waals surface area contributed by atoms with E-state index in [0.29, 0.717) is 27.4 Å². The second kappa shape index (κ2) is 7.20. The molecular formula is C18H20ClNO4. The molecule has 2 rings (SSSR count). The summed E-state index contributed by atoms with van der Waals surface area (Å²) in [5.74, 6) is -0.936. The van der Waals surface area contributed by atoms with E-state index in [4.69, 9.17) is 16.3 Å². The van der Waals surface area contributed by atoms with E-state index in [-0.39, 0.29) is 11.5 Å². The third-order valence-corrected chi connectivity index (χ3v) is 4.15. The summed E-state index contributed by atoms with van der Waals surface area (Å²) in [6, 6.07) is 6.39. The standard InChI is InChI=1S/C18H20ClNO4/c1-9-15(11(3)21)10(2)20-16(9)18(23)24-12(4)17(22)13-5-7-14(19)8-6-13/h5-8,11-12,20-21H,1-4H3/t11-,12-/m0/s1. The van der Waals surface area contributed by atoms with Gasteiger partial charge >= 0.3 is 5.97 Å². The second-order valence-corrected chi connectivity index (χ2v) is 6.19. The van der Waals surface area contributed by atoms with Crippen LogP contribution in [0.1, 0.15) is 57.6 Å². The molecule has 0 unspecified atom stereocenters. The van der Waals surface area contributed by atoms with Crippen molar-refractivity contribution in [1.82, 2.24) is 4.98 Å². The van der Waals surface area contributed by atoms with Gasteiger partial charge in [0.1, 0.15) is 5.69 Å². The number of aliphatic hydroxyl groups excluding tert-OH is 1. The molecule has 1 aromatic heterocycles. The molecule has 2 atom stereocenters. The number of carbonyl (C=O) groups excluding carboxylic acids is 2. The van der Waals surface area contributed by atoms with Crippen molar-refractivity contribution in [1.29, 1.82) is 0 Å². The van der Waals surface area contributed by atoms with Crippen LogP contribution in [-0.4, -0.2) is 27.9 Å². The molecule has 2 aromatic rings. The number of benzene rings is 1. The maximum atomic E-state index is 12.3. The van der Waals surface area contributed by atoms with E-state index in [2.05, 4.69) is 4.98 Å². The zero-order valence-corrected chi connectivity index (χ0v) is 14.8. The number of H-pyrrole nitrogens is 1. The summed E-state index contributed by atoms with van der Waals surface area (Å²) in [7, 11) is 0. The predicted octanol–water partition coefficient (Wildman–Crippen LogP) is 3.77. The first-order valence-corrected chi connectivity index (χ1v) is 7.98. The number of hydrogen-bond donors (Lipinski definition) is 2. The lowest BCUT2D eigenvalue weighted by atomic mass is 10.1. The quantitative estimate of drug-likeness (QED) is 0.636. The minimum atomic E-state index is -0.934. The average molecular weight is 350 g/mol. The van der Waals surface area contributed by atoms with E-state index in [1.807, 2.05) is 0 Å². The first-order valence-electron chi connectivity index (χ1n) is 7.60. The number of Topliss-reactive ketones (excluding diaryl/α,β-unsaturated/α-hetero) is 1. The number of aliphatic hydroxyl groups is 1. The Morgan fingerprint density at radius 3 is 2.25 bits per heavy atom. The van der Waals surface area contributed by atoms with Crippen LogP contribution in [-0.2, 0) is 4.74 Å². The monoisotopic (exact) mass is 349 g/mol. The van der Waals surface area contributed by atoms with Crippen molar-refractivity contribution < 1.29 is 19.4 Å². The Kier molecular flexibility index (Phi) is 5.47. The first-order chi connectivity index (χ1) is 11.2. The molecule has 1 aromatic carbocycles. The Balaban J connectivity index is 2.16. The van der Waals surface area contributed by atoms with Gasteiger partial charge in [-0.3, -0.25) is 4.79 Å². The number of carbonyl (C=O) groups is 2. The van der Waals surface area contributed by atoms with Crippen molar-refractivity contribution in [2.75, 3.05) is 0 Å². The van der Waals surface area contributed by atoms with Crippen molar-refractivity contribution in [3.8, 4) is 0 Å². The molecule has 6 heteroatoms. The molecule has 24 heavy (non-hydrogen) atoms. The number of halogens is 1. The van der Waals surface area contributed by atoms with Gasteiger partial charge in [-0.25, -0.2) is 4.79 Å². The Morgan fingerprint density at radius 2 is 1.75 bits per heavy atom. The van der Waals surface area contributed by atoms with Gasteiger partial charge in [-0.1, -0.05) is 11.6 Å². The fourth-order valence-electron chi connectivity index (χ4n) is 2.72. The van der Waals surface area contributed by atoms with Crippen LogP contribution in [0.15, 0.2) is 24.3 Å². The molecule has 0 aliphatic rings. The normalized spacial score (nSPS) is 13.4. The summed E-state index contributed by atoms with van der Waals surface area (Å²) >= 11 is 5.80. The van der Waals surface area contributed by atoms with Crippen LogP contribution in [0, 0.1) is 13.8 Å². The molecule has 128 valence electrons. The van der Waals surface area contributed by atoms with Crippen molar-refractivity contribution in [3.05, 3.63) is 57.4 Å². The number of aromatic amines is 1. The highest BCUT2D eigenvalue weighted by Crippen LogP contribution is 2.25. The number of ether oxygens (including phenoxy) is 1. The van der Waals surface area contributed by atoms with Crippen LogP contribution in [0.25, 0.3) is 0 Å². The molecule has 0 radical (unpaired) electrons. The number of ketones is 1. The lowest BCUT2D eigenvalue weighted by molar-refractivity contribution is 0.0313. The lowest BCUT2D eigenvalue weighted by Crippen LogP contribution is -2.25. The highest BCUT2D eigenvalue weighted by molar-refractivity contribution is 6.30. The van der Waals surface area contributed by atoms with Crippen molar-refractivity contribution in [3.63, 3.8) is 0 Å². The number of aryl methyl sites for hydroxylation is 1. The van der Waals surface area contributed by atoms with Crippen molar-refractivity contribution in [2.24, 2.45) is 0 Å².